The summed E-state index contributed by atoms with van der Waals surface area (Å²) in [6.07, 6.45) is 3.97. The van der Waals surface area contributed by atoms with Crippen molar-refractivity contribution < 1.29 is 9.18 Å². The number of carbonyl (C=O) groups is 1. The van der Waals surface area contributed by atoms with Gasteiger partial charge in [0.15, 0.2) is 0 Å². The van der Waals surface area contributed by atoms with Gasteiger partial charge in [-0.25, -0.2) is 4.39 Å². The van der Waals surface area contributed by atoms with Gasteiger partial charge in [-0.05, 0) is 42.7 Å². The number of amides is 1. The van der Waals surface area contributed by atoms with Crippen LogP contribution in [0.1, 0.15) is 37.9 Å². The molecule has 1 aliphatic rings. The van der Waals surface area contributed by atoms with E-state index in [1.807, 2.05) is 13.0 Å². The van der Waals surface area contributed by atoms with Crippen LogP contribution in [0.15, 0.2) is 36.5 Å². The Morgan fingerprint density at radius 1 is 1.30 bits per heavy atom. The van der Waals surface area contributed by atoms with E-state index in [1.165, 1.54) is 6.07 Å². The van der Waals surface area contributed by atoms with Crippen LogP contribution in [0.25, 0.3) is 11.1 Å². The van der Waals surface area contributed by atoms with Gasteiger partial charge >= 0.3 is 0 Å². The number of benzene rings is 1. The average molecular weight is 313 g/mol. The Labute approximate surface area is 134 Å². The zero-order chi connectivity index (χ0) is 16.4. The molecule has 3 rings (SSSR count). The Morgan fingerprint density at radius 2 is 2.13 bits per heavy atom. The molecule has 1 amide bonds. The second-order valence-corrected chi connectivity index (χ2v) is 6.06. The van der Waals surface area contributed by atoms with Crippen LogP contribution in [0.3, 0.4) is 0 Å². The lowest BCUT2D eigenvalue weighted by atomic mass is 9.96. The van der Waals surface area contributed by atoms with Gasteiger partial charge in [0.25, 0.3) is 0 Å². The lowest BCUT2D eigenvalue weighted by Gasteiger charge is -2.19. The standard InChI is InChI=1S/C18H20FN3O/c1-11-4-2-6-14(20)16-10-12(8-9-21-16)17-13(19)5-3-7-15(17)22-18(11)23/h3,5,7-11,14H,2,4,6,20H2,1H3,(H,22,23)/t11-,14+/m1/s1. The minimum Gasteiger partial charge on any atom is -0.325 e. The number of anilines is 1. The van der Waals surface area contributed by atoms with E-state index in [0.29, 0.717) is 16.8 Å². The summed E-state index contributed by atoms with van der Waals surface area (Å²) in [4.78, 5) is 16.7. The number of halogens is 1. The van der Waals surface area contributed by atoms with E-state index in [0.717, 1.165) is 25.0 Å². The van der Waals surface area contributed by atoms with Gasteiger partial charge in [0, 0.05) is 23.7 Å². The Bertz CT molecular complexity index is 732. The number of nitrogens with zero attached hydrogens (tertiary/aromatic N) is 1. The third-order valence-electron chi connectivity index (χ3n) is 4.32. The predicted molar refractivity (Wildman–Crippen MR) is 88.2 cm³/mol. The highest BCUT2D eigenvalue weighted by Gasteiger charge is 2.20. The van der Waals surface area contributed by atoms with Crippen molar-refractivity contribution in [2.75, 3.05) is 5.32 Å². The van der Waals surface area contributed by atoms with Crippen molar-refractivity contribution in [3.63, 3.8) is 0 Å². The van der Waals surface area contributed by atoms with E-state index in [4.69, 9.17) is 5.73 Å². The molecule has 0 saturated heterocycles. The van der Waals surface area contributed by atoms with E-state index in [9.17, 15) is 9.18 Å². The Balaban J connectivity index is 2.15. The van der Waals surface area contributed by atoms with Gasteiger partial charge in [-0.15, -0.1) is 0 Å². The summed E-state index contributed by atoms with van der Waals surface area (Å²) in [6.45, 7) is 1.88. The minimum absolute atomic E-state index is 0.0970. The van der Waals surface area contributed by atoms with Crippen LogP contribution in [-0.2, 0) is 4.79 Å². The second kappa shape index (κ2) is 6.46. The Morgan fingerprint density at radius 3 is 2.96 bits per heavy atom. The normalized spacial score (nSPS) is 21.6. The molecule has 0 spiro atoms. The van der Waals surface area contributed by atoms with Gasteiger partial charge in [-0.3, -0.25) is 9.78 Å². The molecular formula is C18H20FN3O. The highest BCUT2D eigenvalue weighted by molar-refractivity contribution is 5.96. The quantitative estimate of drug-likeness (QED) is 0.780. The van der Waals surface area contributed by atoms with Crippen LogP contribution in [-0.4, -0.2) is 10.9 Å². The van der Waals surface area contributed by atoms with Crippen molar-refractivity contribution in [1.82, 2.24) is 4.98 Å². The molecule has 3 N–H and O–H groups in total. The van der Waals surface area contributed by atoms with E-state index < -0.39 is 0 Å². The fraction of sp³-hybridized carbons (Fsp3) is 0.333. The van der Waals surface area contributed by atoms with Crippen LogP contribution in [0, 0.1) is 11.7 Å². The summed E-state index contributed by atoms with van der Waals surface area (Å²) < 4.78 is 14.4. The number of carbonyl (C=O) groups excluding carboxylic acids is 1. The number of aromatic nitrogens is 1. The van der Waals surface area contributed by atoms with Crippen molar-refractivity contribution in [3.05, 3.63) is 48.0 Å². The summed E-state index contributed by atoms with van der Waals surface area (Å²) in [6, 6.07) is 8.04. The molecule has 1 aliphatic heterocycles. The van der Waals surface area contributed by atoms with Gasteiger partial charge in [0.1, 0.15) is 5.82 Å². The highest BCUT2D eigenvalue weighted by Crippen LogP contribution is 2.33. The Hall–Kier alpha value is -2.27. The molecule has 0 fully saturated rings. The molecule has 0 radical (unpaired) electrons. The van der Waals surface area contributed by atoms with Gasteiger partial charge in [0.05, 0.1) is 11.4 Å². The third-order valence-corrected chi connectivity index (χ3v) is 4.32. The maximum Gasteiger partial charge on any atom is 0.227 e. The van der Waals surface area contributed by atoms with Crippen molar-refractivity contribution in [2.24, 2.45) is 11.7 Å². The number of hydrogen-bond acceptors (Lipinski definition) is 3. The van der Waals surface area contributed by atoms with Crippen LogP contribution in [0.4, 0.5) is 10.1 Å². The molecule has 23 heavy (non-hydrogen) atoms. The molecule has 0 saturated carbocycles. The topological polar surface area (TPSA) is 68.0 Å². The molecular weight excluding hydrogens is 293 g/mol. The van der Waals surface area contributed by atoms with Gasteiger partial charge in [-0.1, -0.05) is 19.4 Å². The van der Waals surface area contributed by atoms with Crippen molar-refractivity contribution >= 4 is 11.6 Å². The number of hydrogen-bond donors (Lipinski definition) is 2. The minimum atomic E-state index is -0.377. The fourth-order valence-corrected chi connectivity index (χ4v) is 2.91. The zero-order valence-electron chi connectivity index (χ0n) is 13.1. The molecule has 0 aliphatic carbocycles. The summed E-state index contributed by atoms with van der Waals surface area (Å²) >= 11 is 0. The predicted octanol–water partition coefficient (Wildman–Crippen LogP) is 3.65. The number of pyridine rings is 1. The second-order valence-electron chi connectivity index (χ2n) is 6.06. The first-order valence-electron chi connectivity index (χ1n) is 7.87. The molecule has 5 heteroatoms. The fourth-order valence-electron chi connectivity index (χ4n) is 2.91. The molecule has 4 nitrogen and oxygen atoms in total. The van der Waals surface area contributed by atoms with Crippen molar-refractivity contribution in [1.29, 1.82) is 0 Å². The van der Waals surface area contributed by atoms with E-state index in [-0.39, 0.29) is 23.7 Å². The number of fused-ring (bicyclic) bond motifs is 4. The van der Waals surface area contributed by atoms with Gasteiger partial charge < -0.3 is 11.1 Å². The maximum absolute atomic E-state index is 14.4. The summed E-state index contributed by atoms with van der Waals surface area (Å²) in [5, 5.41) is 2.86. The number of nitrogens with two attached hydrogens (primary N) is 1. The highest BCUT2D eigenvalue weighted by atomic mass is 19.1. The molecule has 2 aromatic rings. The first-order valence-corrected chi connectivity index (χ1v) is 7.87. The molecule has 2 atom stereocenters. The monoisotopic (exact) mass is 313 g/mol. The van der Waals surface area contributed by atoms with Crippen LogP contribution < -0.4 is 11.1 Å². The molecule has 2 bridgehead atoms. The number of nitrogens with one attached hydrogen (secondary N) is 1. The molecule has 120 valence electrons. The van der Waals surface area contributed by atoms with Crippen LogP contribution in [0.5, 0.6) is 0 Å². The molecule has 1 aromatic heterocycles. The summed E-state index contributed by atoms with van der Waals surface area (Å²) in [5.41, 5.74) is 8.48. The largest absolute Gasteiger partial charge is 0.325 e. The van der Waals surface area contributed by atoms with E-state index in [1.54, 1.807) is 24.4 Å². The smallest absolute Gasteiger partial charge is 0.227 e. The lowest BCUT2D eigenvalue weighted by molar-refractivity contribution is -0.119. The van der Waals surface area contributed by atoms with Gasteiger partial charge in [0.2, 0.25) is 5.91 Å². The molecule has 0 unspecified atom stereocenters. The molecule has 1 aromatic carbocycles. The Kier molecular flexibility index (Phi) is 4.39. The first-order chi connectivity index (χ1) is 11.1. The molecule has 2 heterocycles. The SMILES string of the molecule is C[C@@H]1CCC[C@H](N)c2cc(ccn2)-c2c(F)cccc2NC1=O. The first kappa shape index (κ1) is 15.6. The lowest BCUT2D eigenvalue weighted by Crippen LogP contribution is -2.22. The van der Waals surface area contributed by atoms with Gasteiger partial charge in [-0.2, -0.15) is 0 Å². The van der Waals surface area contributed by atoms with E-state index >= 15 is 0 Å². The third kappa shape index (κ3) is 3.24. The van der Waals surface area contributed by atoms with Crippen molar-refractivity contribution in [3.8, 4) is 11.1 Å². The van der Waals surface area contributed by atoms with Crippen LogP contribution >= 0.6 is 0 Å². The number of rotatable bonds is 0. The summed E-state index contributed by atoms with van der Waals surface area (Å²) in [5.74, 6) is -0.623. The van der Waals surface area contributed by atoms with Crippen LogP contribution in [0.2, 0.25) is 0 Å². The average Bonchev–Trinajstić information content (AvgIpc) is 2.54. The van der Waals surface area contributed by atoms with Crippen molar-refractivity contribution in [2.45, 2.75) is 32.2 Å². The zero-order valence-corrected chi connectivity index (χ0v) is 13.1. The maximum atomic E-state index is 14.4. The summed E-state index contributed by atoms with van der Waals surface area (Å²) in [7, 11) is 0. The van der Waals surface area contributed by atoms with E-state index in [2.05, 4.69) is 10.3 Å².